The van der Waals surface area contributed by atoms with Crippen LogP contribution in [0, 0.1) is 5.41 Å². The van der Waals surface area contributed by atoms with Gasteiger partial charge < -0.3 is 10.4 Å². The van der Waals surface area contributed by atoms with Crippen molar-refractivity contribution in [1.82, 2.24) is 10.2 Å². The largest absolute Gasteiger partial charge is 0.393 e. The summed E-state index contributed by atoms with van der Waals surface area (Å²) in [4.78, 5) is 15.5. The predicted molar refractivity (Wildman–Crippen MR) is 84.1 cm³/mol. The van der Waals surface area contributed by atoms with E-state index in [-0.39, 0.29) is 17.4 Å². The third kappa shape index (κ3) is 3.47. The number of likely N-dealkylation sites (tertiary alicyclic amines) is 1. The van der Waals surface area contributed by atoms with E-state index in [9.17, 15) is 9.90 Å². The van der Waals surface area contributed by atoms with Gasteiger partial charge in [-0.3, -0.25) is 9.69 Å². The van der Waals surface area contributed by atoms with Crippen LogP contribution in [0.15, 0.2) is 17.5 Å². The molecule has 1 spiro atoms. The Balaban J connectivity index is 1.49. The van der Waals surface area contributed by atoms with Gasteiger partial charge in [-0.1, -0.05) is 12.5 Å². The number of thiophene rings is 1. The van der Waals surface area contributed by atoms with Gasteiger partial charge in [0.25, 0.3) is 0 Å². The Morgan fingerprint density at radius 2 is 2.33 bits per heavy atom. The van der Waals surface area contributed by atoms with Crippen LogP contribution in [-0.2, 0) is 11.3 Å². The first kappa shape index (κ1) is 15.0. The molecule has 0 radical (unpaired) electrons. The fourth-order valence-electron chi connectivity index (χ4n) is 3.85. The molecule has 1 aliphatic carbocycles. The van der Waals surface area contributed by atoms with Crippen LogP contribution >= 0.6 is 11.3 Å². The topological polar surface area (TPSA) is 52.6 Å². The van der Waals surface area contributed by atoms with Gasteiger partial charge in [0, 0.05) is 16.8 Å². The number of nitrogens with zero attached hydrogens (tertiary/aromatic N) is 1. The average Bonchev–Trinajstić information content (AvgIpc) is 3.09. The van der Waals surface area contributed by atoms with E-state index in [1.807, 2.05) is 17.5 Å². The minimum Gasteiger partial charge on any atom is -0.393 e. The number of aliphatic hydroxyl groups is 1. The Bertz CT molecular complexity index is 477. The molecule has 2 aliphatic rings. The van der Waals surface area contributed by atoms with E-state index in [0.29, 0.717) is 13.1 Å². The second-order valence-corrected chi connectivity index (χ2v) is 7.47. The molecule has 1 aliphatic heterocycles. The van der Waals surface area contributed by atoms with Crippen LogP contribution in [0.5, 0.6) is 0 Å². The highest BCUT2D eigenvalue weighted by Crippen LogP contribution is 2.44. The van der Waals surface area contributed by atoms with Crippen molar-refractivity contribution < 1.29 is 9.90 Å². The van der Waals surface area contributed by atoms with E-state index in [1.165, 1.54) is 4.88 Å². The fraction of sp³-hybridized carbons (Fsp3) is 0.688. The molecule has 0 bridgehead atoms. The van der Waals surface area contributed by atoms with Crippen molar-refractivity contribution in [1.29, 1.82) is 0 Å². The summed E-state index contributed by atoms with van der Waals surface area (Å²) in [5, 5.41) is 15.3. The molecular formula is C16H24N2O2S. The van der Waals surface area contributed by atoms with E-state index in [4.69, 9.17) is 0 Å². The molecule has 1 amide bonds. The summed E-state index contributed by atoms with van der Waals surface area (Å²) < 4.78 is 0. The molecule has 1 aromatic rings. The van der Waals surface area contributed by atoms with Gasteiger partial charge in [-0.15, -0.1) is 11.3 Å². The number of aliphatic hydroxyl groups excluding tert-OH is 1. The third-order valence-corrected chi connectivity index (χ3v) is 5.83. The fourth-order valence-corrected chi connectivity index (χ4v) is 4.49. The summed E-state index contributed by atoms with van der Waals surface area (Å²) in [6.07, 6.45) is 5.20. The van der Waals surface area contributed by atoms with Gasteiger partial charge >= 0.3 is 0 Å². The molecule has 21 heavy (non-hydrogen) atoms. The zero-order chi connectivity index (χ0) is 14.7. The zero-order valence-electron chi connectivity index (χ0n) is 12.4. The number of carbonyl (C=O) groups excluding carboxylic acids is 1. The number of hydrogen-bond acceptors (Lipinski definition) is 4. The van der Waals surface area contributed by atoms with Crippen molar-refractivity contribution in [2.75, 3.05) is 19.6 Å². The third-order valence-electron chi connectivity index (χ3n) is 4.95. The molecule has 2 heterocycles. The van der Waals surface area contributed by atoms with Crippen LogP contribution in [0.4, 0.5) is 0 Å². The first-order valence-electron chi connectivity index (χ1n) is 7.87. The minimum absolute atomic E-state index is 0.0618. The summed E-state index contributed by atoms with van der Waals surface area (Å²) in [5.41, 5.74) is 0.0618. The average molecular weight is 308 g/mol. The van der Waals surface area contributed by atoms with Crippen LogP contribution in [0.2, 0.25) is 0 Å². The predicted octanol–water partition coefficient (Wildman–Crippen LogP) is 1.99. The highest BCUT2D eigenvalue weighted by molar-refractivity contribution is 7.09. The molecule has 2 N–H and O–H groups in total. The smallest absolute Gasteiger partial charge is 0.234 e. The van der Waals surface area contributed by atoms with Crippen molar-refractivity contribution in [2.24, 2.45) is 5.41 Å². The van der Waals surface area contributed by atoms with Gasteiger partial charge in [-0.2, -0.15) is 0 Å². The number of nitrogens with one attached hydrogen (secondary N) is 1. The maximum atomic E-state index is 12.1. The Morgan fingerprint density at radius 3 is 3.05 bits per heavy atom. The monoisotopic (exact) mass is 308 g/mol. The van der Waals surface area contributed by atoms with E-state index < -0.39 is 0 Å². The van der Waals surface area contributed by atoms with Crippen molar-refractivity contribution in [2.45, 2.75) is 44.8 Å². The van der Waals surface area contributed by atoms with Crippen LogP contribution in [0.1, 0.15) is 37.0 Å². The number of hydrogen-bond donors (Lipinski definition) is 2. The molecule has 4 nitrogen and oxygen atoms in total. The van der Waals surface area contributed by atoms with Crippen LogP contribution in [0.3, 0.4) is 0 Å². The number of amides is 1. The van der Waals surface area contributed by atoms with Gasteiger partial charge in [0.15, 0.2) is 0 Å². The standard InChI is InChI=1S/C16H24N2O2S/c19-14-5-1-6-16(14)7-3-8-18(12-16)11-15(20)17-10-13-4-2-9-21-13/h2,4,9,14,19H,1,3,5-8,10-12H2,(H,17,20)/t14-,16+/m1/s1. The van der Waals surface area contributed by atoms with Crippen molar-refractivity contribution in [3.8, 4) is 0 Å². The Hall–Kier alpha value is -0.910. The Morgan fingerprint density at radius 1 is 1.48 bits per heavy atom. The maximum Gasteiger partial charge on any atom is 0.234 e. The van der Waals surface area contributed by atoms with Crippen LogP contribution in [0.25, 0.3) is 0 Å². The van der Waals surface area contributed by atoms with Gasteiger partial charge in [-0.25, -0.2) is 0 Å². The van der Waals surface area contributed by atoms with Crippen LogP contribution in [-0.4, -0.2) is 41.7 Å². The minimum atomic E-state index is -0.172. The van der Waals surface area contributed by atoms with Crippen molar-refractivity contribution in [3.05, 3.63) is 22.4 Å². The molecule has 3 rings (SSSR count). The lowest BCUT2D eigenvalue weighted by molar-refractivity contribution is -0.123. The summed E-state index contributed by atoms with van der Waals surface area (Å²) in [6, 6.07) is 4.04. The summed E-state index contributed by atoms with van der Waals surface area (Å²) in [6.45, 7) is 2.93. The molecule has 5 heteroatoms. The second-order valence-electron chi connectivity index (χ2n) is 6.44. The van der Waals surface area contributed by atoms with E-state index in [0.717, 1.165) is 45.2 Å². The van der Waals surface area contributed by atoms with Crippen molar-refractivity contribution in [3.63, 3.8) is 0 Å². The van der Waals surface area contributed by atoms with Crippen LogP contribution < -0.4 is 5.32 Å². The molecule has 1 aromatic heterocycles. The lowest BCUT2D eigenvalue weighted by Gasteiger charge is -2.42. The molecular weight excluding hydrogens is 284 g/mol. The first-order chi connectivity index (χ1) is 10.2. The second kappa shape index (κ2) is 6.46. The molecule has 2 fully saturated rings. The molecule has 2 atom stereocenters. The summed E-state index contributed by atoms with van der Waals surface area (Å²) in [7, 11) is 0. The van der Waals surface area contributed by atoms with Gasteiger partial charge in [-0.05, 0) is 43.7 Å². The van der Waals surface area contributed by atoms with Gasteiger partial charge in [0.05, 0.1) is 19.2 Å². The maximum absolute atomic E-state index is 12.1. The quantitative estimate of drug-likeness (QED) is 0.894. The van der Waals surface area contributed by atoms with Gasteiger partial charge in [0.2, 0.25) is 5.91 Å². The Kier molecular flexibility index (Phi) is 4.62. The van der Waals surface area contributed by atoms with Crippen molar-refractivity contribution >= 4 is 17.2 Å². The number of piperidine rings is 1. The molecule has 1 saturated heterocycles. The molecule has 0 unspecified atom stereocenters. The normalized spacial score (nSPS) is 29.9. The first-order valence-corrected chi connectivity index (χ1v) is 8.75. The SMILES string of the molecule is O=C(CN1CCC[C@@]2(CCC[C@H]2O)C1)NCc1cccs1. The lowest BCUT2D eigenvalue weighted by Crippen LogP contribution is -2.49. The molecule has 0 aromatic carbocycles. The zero-order valence-corrected chi connectivity index (χ0v) is 13.2. The van der Waals surface area contributed by atoms with E-state index in [2.05, 4.69) is 10.2 Å². The summed E-state index contributed by atoms with van der Waals surface area (Å²) in [5.74, 6) is 0.0907. The highest BCUT2D eigenvalue weighted by Gasteiger charge is 2.44. The molecule has 116 valence electrons. The van der Waals surface area contributed by atoms with E-state index in [1.54, 1.807) is 11.3 Å². The number of carbonyl (C=O) groups is 1. The highest BCUT2D eigenvalue weighted by atomic mass is 32.1. The molecule has 1 saturated carbocycles. The van der Waals surface area contributed by atoms with E-state index >= 15 is 0 Å². The summed E-state index contributed by atoms with van der Waals surface area (Å²) >= 11 is 1.67. The number of rotatable bonds is 4. The van der Waals surface area contributed by atoms with Gasteiger partial charge in [0.1, 0.15) is 0 Å². The lowest BCUT2D eigenvalue weighted by atomic mass is 9.77. The Labute approximate surface area is 130 Å².